The van der Waals surface area contributed by atoms with Crippen LogP contribution in [0.3, 0.4) is 0 Å². The van der Waals surface area contributed by atoms with Gasteiger partial charge >= 0.3 is 0 Å². The smallest absolute Gasteiger partial charge is 0.249 e. The number of aliphatic hydroxyl groups excluding tert-OH is 3. The van der Waals surface area contributed by atoms with Crippen molar-refractivity contribution >= 4 is 5.91 Å². The number of carbonyl (C=O) groups is 1. The standard InChI is InChI=1S/C47H87NO4/c1-3-5-7-9-11-13-15-16-17-18-19-20-21-22-23-24-25-26-27-28-29-30-31-32-34-36-38-40-42-46(51)47(52)48-44(43-49)45(50)41-39-37-35-33-14-12-10-8-6-4-2/h6,8,14,22-23,33,39,41,44-46,49-51H,3-5,7,9-13,15-21,24-32,34-38,40,42-43H2,1-2H3,(H,48,52)/b8-6+,23-22-,33-14+,41-39+. The summed E-state index contributed by atoms with van der Waals surface area (Å²) in [7, 11) is 0. The second-order valence-corrected chi connectivity index (χ2v) is 15.2. The van der Waals surface area contributed by atoms with E-state index in [4.69, 9.17) is 0 Å². The Bertz CT molecular complexity index is 850. The Morgan fingerprint density at radius 1 is 0.481 bits per heavy atom. The van der Waals surface area contributed by atoms with E-state index in [1.807, 2.05) is 6.08 Å². The summed E-state index contributed by atoms with van der Waals surface area (Å²) >= 11 is 0. The van der Waals surface area contributed by atoms with E-state index in [2.05, 4.69) is 55.6 Å². The lowest BCUT2D eigenvalue weighted by molar-refractivity contribution is -0.131. The molecular weight excluding hydrogens is 643 g/mol. The van der Waals surface area contributed by atoms with Crippen molar-refractivity contribution in [2.75, 3.05) is 6.61 Å². The predicted octanol–water partition coefficient (Wildman–Crippen LogP) is 12.9. The summed E-state index contributed by atoms with van der Waals surface area (Å²) in [6.45, 7) is 4.04. The number of unbranched alkanes of at least 4 members (excludes halogenated alkanes) is 26. The lowest BCUT2D eigenvalue weighted by Crippen LogP contribution is -2.48. The van der Waals surface area contributed by atoms with E-state index < -0.39 is 24.2 Å². The predicted molar refractivity (Wildman–Crippen MR) is 227 cm³/mol. The molecule has 5 heteroatoms. The first kappa shape index (κ1) is 50.3. The highest BCUT2D eigenvalue weighted by molar-refractivity contribution is 5.80. The maximum absolute atomic E-state index is 12.4. The van der Waals surface area contributed by atoms with Gasteiger partial charge in [0, 0.05) is 0 Å². The van der Waals surface area contributed by atoms with Crippen LogP contribution in [0.2, 0.25) is 0 Å². The number of rotatable bonds is 40. The average molecular weight is 730 g/mol. The van der Waals surface area contributed by atoms with Crippen LogP contribution in [0.1, 0.15) is 219 Å². The Balaban J connectivity index is 3.57. The molecule has 4 N–H and O–H groups in total. The van der Waals surface area contributed by atoms with Crippen LogP contribution in [0.4, 0.5) is 0 Å². The minimum atomic E-state index is -1.11. The van der Waals surface area contributed by atoms with Crippen molar-refractivity contribution in [1.29, 1.82) is 0 Å². The van der Waals surface area contributed by atoms with E-state index in [9.17, 15) is 20.1 Å². The molecule has 0 radical (unpaired) electrons. The fraction of sp³-hybridized carbons (Fsp3) is 0.809. The highest BCUT2D eigenvalue weighted by Gasteiger charge is 2.22. The van der Waals surface area contributed by atoms with E-state index in [1.54, 1.807) is 6.08 Å². The molecule has 0 rings (SSSR count). The quantitative estimate of drug-likeness (QED) is 0.0373. The van der Waals surface area contributed by atoms with E-state index in [0.29, 0.717) is 6.42 Å². The molecule has 0 aliphatic rings. The first-order valence-electron chi connectivity index (χ1n) is 22.5. The van der Waals surface area contributed by atoms with Gasteiger partial charge in [-0.1, -0.05) is 204 Å². The Labute approximate surface area is 323 Å². The largest absolute Gasteiger partial charge is 0.394 e. The number of carbonyl (C=O) groups excluding carboxylic acids is 1. The summed E-state index contributed by atoms with van der Waals surface area (Å²) in [5.41, 5.74) is 0. The lowest BCUT2D eigenvalue weighted by Gasteiger charge is -2.21. The molecule has 5 nitrogen and oxygen atoms in total. The van der Waals surface area contributed by atoms with Crippen molar-refractivity contribution in [1.82, 2.24) is 5.32 Å². The molecule has 0 bridgehead atoms. The van der Waals surface area contributed by atoms with Crippen molar-refractivity contribution in [2.24, 2.45) is 0 Å². The van der Waals surface area contributed by atoms with Crippen molar-refractivity contribution in [3.05, 3.63) is 48.6 Å². The average Bonchev–Trinajstić information content (AvgIpc) is 3.15. The summed E-state index contributed by atoms with van der Waals surface area (Å²) in [6, 6.07) is -0.819. The third-order valence-electron chi connectivity index (χ3n) is 10.1. The number of hydrogen-bond donors (Lipinski definition) is 4. The maximum atomic E-state index is 12.4. The molecule has 0 saturated heterocycles. The Morgan fingerprint density at radius 3 is 1.27 bits per heavy atom. The third kappa shape index (κ3) is 36.7. The van der Waals surface area contributed by atoms with Crippen LogP contribution in [0.5, 0.6) is 0 Å². The SMILES string of the molecule is CC/C=C/CC/C=C/CC/C=C/C(O)C(CO)NC(=O)C(O)CCCCCCCCCCCCCC/C=C\CCCCCCCCCCCCCC. The molecule has 0 heterocycles. The fourth-order valence-electron chi connectivity index (χ4n) is 6.63. The Morgan fingerprint density at radius 2 is 0.846 bits per heavy atom. The van der Waals surface area contributed by atoms with Crippen LogP contribution < -0.4 is 5.32 Å². The number of nitrogens with one attached hydrogen (secondary N) is 1. The molecule has 0 saturated carbocycles. The van der Waals surface area contributed by atoms with Gasteiger partial charge in [-0.05, 0) is 64.2 Å². The fourth-order valence-corrected chi connectivity index (χ4v) is 6.63. The van der Waals surface area contributed by atoms with Gasteiger partial charge in [-0.15, -0.1) is 0 Å². The summed E-state index contributed by atoms with van der Waals surface area (Å²) in [5, 5.41) is 32.9. The van der Waals surface area contributed by atoms with Crippen LogP contribution >= 0.6 is 0 Å². The van der Waals surface area contributed by atoms with Gasteiger partial charge in [0.2, 0.25) is 5.91 Å². The van der Waals surface area contributed by atoms with Crippen LogP contribution in [-0.2, 0) is 4.79 Å². The van der Waals surface area contributed by atoms with Gasteiger partial charge in [0.1, 0.15) is 6.10 Å². The minimum Gasteiger partial charge on any atom is -0.394 e. The topological polar surface area (TPSA) is 89.8 Å². The minimum absolute atomic E-state index is 0.383. The third-order valence-corrected chi connectivity index (χ3v) is 10.1. The molecule has 0 aliphatic heterocycles. The molecular formula is C47H87NO4. The molecule has 3 atom stereocenters. The normalized spacial score (nSPS) is 14.0. The molecule has 0 fully saturated rings. The molecule has 0 aromatic rings. The lowest BCUT2D eigenvalue weighted by atomic mass is 10.0. The molecule has 0 aliphatic carbocycles. The zero-order valence-corrected chi connectivity index (χ0v) is 34.4. The van der Waals surface area contributed by atoms with Gasteiger partial charge in [0.15, 0.2) is 0 Å². The van der Waals surface area contributed by atoms with Crippen molar-refractivity contribution in [3.8, 4) is 0 Å². The molecule has 0 aromatic heterocycles. The first-order chi connectivity index (χ1) is 25.6. The number of hydrogen-bond acceptors (Lipinski definition) is 4. The van der Waals surface area contributed by atoms with Crippen molar-refractivity contribution < 1.29 is 20.1 Å². The molecule has 0 aromatic carbocycles. The monoisotopic (exact) mass is 730 g/mol. The van der Waals surface area contributed by atoms with E-state index in [1.165, 1.54) is 148 Å². The molecule has 52 heavy (non-hydrogen) atoms. The van der Waals surface area contributed by atoms with Crippen LogP contribution in [0.15, 0.2) is 48.6 Å². The van der Waals surface area contributed by atoms with E-state index in [-0.39, 0.29) is 6.61 Å². The molecule has 1 amide bonds. The zero-order chi connectivity index (χ0) is 38.0. The molecule has 3 unspecified atom stereocenters. The van der Waals surface area contributed by atoms with Crippen LogP contribution in [0.25, 0.3) is 0 Å². The van der Waals surface area contributed by atoms with Gasteiger partial charge in [0.25, 0.3) is 0 Å². The molecule has 0 spiro atoms. The maximum Gasteiger partial charge on any atom is 0.249 e. The second-order valence-electron chi connectivity index (χ2n) is 15.2. The van der Waals surface area contributed by atoms with Gasteiger partial charge in [-0.2, -0.15) is 0 Å². The zero-order valence-electron chi connectivity index (χ0n) is 34.4. The van der Waals surface area contributed by atoms with Crippen LogP contribution in [0, 0.1) is 0 Å². The summed E-state index contributed by atoms with van der Waals surface area (Å²) in [4.78, 5) is 12.4. The van der Waals surface area contributed by atoms with E-state index >= 15 is 0 Å². The summed E-state index contributed by atoms with van der Waals surface area (Å²) in [6.07, 6.45) is 54.6. The van der Waals surface area contributed by atoms with Crippen molar-refractivity contribution in [3.63, 3.8) is 0 Å². The van der Waals surface area contributed by atoms with Gasteiger partial charge in [-0.25, -0.2) is 0 Å². The van der Waals surface area contributed by atoms with Gasteiger partial charge in [-0.3, -0.25) is 4.79 Å². The van der Waals surface area contributed by atoms with Crippen LogP contribution in [-0.4, -0.2) is 46.1 Å². The Kier molecular flexibility index (Phi) is 40.7. The summed E-state index contributed by atoms with van der Waals surface area (Å²) in [5.74, 6) is -0.520. The first-order valence-corrected chi connectivity index (χ1v) is 22.5. The number of allylic oxidation sites excluding steroid dienone is 7. The highest BCUT2D eigenvalue weighted by atomic mass is 16.3. The Hall–Kier alpha value is -1.69. The summed E-state index contributed by atoms with van der Waals surface area (Å²) < 4.78 is 0. The number of amides is 1. The number of aliphatic hydroxyl groups is 3. The van der Waals surface area contributed by atoms with Crippen molar-refractivity contribution in [2.45, 2.75) is 238 Å². The van der Waals surface area contributed by atoms with E-state index in [0.717, 1.165) is 51.4 Å². The van der Waals surface area contributed by atoms with Gasteiger partial charge in [0.05, 0.1) is 18.8 Å². The second kappa shape index (κ2) is 42.1. The van der Waals surface area contributed by atoms with Gasteiger partial charge < -0.3 is 20.6 Å². The highest BCUT2D eigenvalue weighted by Crippen LogP contribution is 2.15. The molecule has 304 valence electrons.